The first kappa shape index (κ1) is 22.5. The summed E-state index contributed by atoms with van der Waals surface area (Å²) in [5, 5.41) is 0.723. The van der Waals surface area contributed by atoms with E-state index in [0.29, 0.717) is 41.8 Å². The summed E-state index contributed by atoms with van der Waals surface area (Å²) in [4.78, 5) is 29.1. The zero-order valence-corrected chi connectivity index (χ0v) is 20.0. The molecule has 11 heteroatoms. The third-order valence-corrected chi connectivity index (χ3v) is 8.19. The van der Waals surface area contributed by atoms with E-state index in [-0.39, 0.29) is 12.0 Å². The molecular weight excluding hydrogens is 464 g/mol. The molecule has 1 aromatic heterocycles. The fourth-order valence-corrected chi connectivity index (χ4v) is 6.27. The van der Waals surface area contributed by atoms with Crippen LogP contribution in [0.2, 0.25) is 5.02 Å². The summed E-state index contributed by atoms with van der Waals surface area (Å²) in [6.07, 6.45) is 1.12. The first-order valence-electron chi connectivity index (χ1n) is 11.1. The molecule has 3 aliphatic rings. The summed E-state index contributed by atoms with van der Waals surface area (Å²) >= 11 is 4.83. The Morgan fingerprint density at radius 1 is 1.18 bits per heavy atom. The van der Waals surface area contributed by atoms with E-state index >= 15 is 0 Å². The van der Waals surface area contributed by atoms with Gasteiger partial charge in [0.15, 0.2) is 5.82 Å². The van der Waals surface area contributed by atoms with E-state index in [4.69, 9.17) is 32.0 Å². The number of carbonyl (C=O) groups excluding carboxylic acids is 1. The van der Waals surface area contributed by atoms with Gasteiger partial charge in [-0.25, -0.2) is 9.78 Å². The van der Waals surface area contributed by atoms with E-state index < -0.39 is 17.2 Å². The van der Waals surface area contributed by atoms with Crippen molar-refractivity contribution in [3.63, 3.8) is 0 Å². The molecule has 2 saturated heterocycles. The van der Waals surface area contributed by atoms with Crippen LogP contribution in [-0.4, -0.2) is 78.2 Å². The Hall–Kier alpha value is -2.27. The van der Waals surface area contributed by atoms with E-state index in [9.17, 15) is 9.35 Å². The molecule has 33 heavy (non-hydrogen) atoms. The van der Waals surface area contributed by atoms with E-state index in [1.54, 1.807) is 0 Å². The van der Waals surface area contributed by atoms with Gasteiger partial charge in [0.1, 0.15) is 17.5 Å². The fraction of sp³-hybridized carbons (Fsp3) is 0.500. The molecular formula is C22H27ClN6O3S. The Morgan fingerprint density at radius 3 is 2.58 bits per heavy atom. The smallest absolute Gasteiger partial charge is 0.328 e. The van der Waals surface area contributed by atoms with Gasteiger partial charge < -0.3 is 29.7 Å². The molecule has 0 spiro atoms. The summed E-state index contributed by atoms with van der Waals surface area (Å²) < 4.78 is 17.8. The maximum absolute atomic E-state index is 12.8. The highest BCUT2D eigenvalue weighted by Crippen LogP contribution is 2.37. The van der Waals surface area contributed by atoms with Crippen molar-refractivity contribution in [2.75, 3.05) is 60.3 Å². The van der Waals surface area contributed by atoms with E-state index in [1.807, 2.05) is 29.2 Å². The number of rotatable bonds is 4. The molecule has 2 aromatic rings. The molecule has 0 bridgehead atoms. The second-order valence-corrected chi connectivity index (χ2v) is 10.5. The standard InChI is InChI=1S/C22H27ClN6O3S/c1-32-21(30)18-12-15(24)13-29(18)20-19-17(6-11-33(19)31)25-22(26-20)28-9-7-27(8-10-28)16-4-2-14(23)3-5-16/h2-5,15,18H,6-13,24H2,1H3/t15-,18+,33?/m1/s1. The first-order valence-corrected chi connectivity index (χ1v) is 12.8. The zero-order valence-electron chi connectivity index (χ0n) is 18.4. The molecule has 4 heterocycles. The van der Waals surface area contributed by atoms with Crippen molar-refractivity contribution < 1.29 is 14.1 Å². The van der Waals surface area contributed by atoms with Crippen molar-refractivity contribution in [2.45, 2.75) is 29.8 Å². The number of methoxy groups -OCH3 is 1. The molecule has 3 aliphatic heterocycles. The van der Waals surface area contributed by atoms with Gasteiger partial charge in [-0.2, -0.15) is 4.98 Å². The highest BCUT2D eigenvalue weighted by molar-refractivity contribution is 7.91. The number of piperazine rings is 1. The number of hydrogen-bond donors (Lipinski definition) is 1. The number of nitrogens with two attached hydrogens (primary N) is 1. The molecule has 3 atom stereocenters. The lowest BCUT2D eigenvalue weighted by Crippen LogP contribution is -2.47. The molecule has 1 aromatic carbocycles. The van der Waals surface area contributed by atoms with Gasteiger partial charge >= 0.3 is 5.97 Å². The maximum Gasteiger partial charge on any atom is 0.328 e. The maximum atomic E-state index is 12.8. The van der Waals surface area contributed by atoms with Crippen molar-refractivity contribution in [2.24, 2.45) is 5.73 Å². The van der Waals surface area contributed by atoms with Crippen LogP contribution in [0.1, 0.15) is 12.1 Å². The summed E-state index contributed by atoms with van der Waals surface area (Å²) in [5.74, 6) is 1.35. The predicted molar refractivity (Wildman–Crippen MR) is 129 cm³/mol. The van der Waals surface area contributed by atoms with Crippen LogP contribution >= 0.6 is 11.6 Å². The number of fused-ring (bicyclic) bond motifs is 1. The number of aromatic nitrogens is 2. The van der Waals surface area contributed by atoms with Crippen molar-refractivity contribution in [1.29, 1.82) is 0 Å². The molecule has 1 unspecified atom stereocenters. The molecule has 0 saturated carbocycles. The van der Waals surface area contributed by atoms with Crippen LogP contribution in [0.15, 0.2) is 29.2 Å². The minimum absolute atomic E-state index is 0.180. The highest BCUT2D eigenvalue weighted by atomic mass is 35.5. The van der Waals surface area contributed by atoms with Gasteiger partial charge in [0.05, 0.1) is 7.11 Å². The fourth-order valence-electron chi connectivity index (χ4n) is 4.78. The zero-order chi connectivity index (χ0) is 23.1. The van der Waals surface area contributed by atoms with Gasteiger partial charge in [-0.05, 0) is 41.9 Å². The average molecular weight is 491 g/mol. The van der Waals surface area contributed by atoms with Crippen LogP contribution in [-0.2, 0) is 27.1 Å². The van der Waals surface area contributed by atoms with Gasteiger partial charge in [-0.1, -0.05) is 11.6 Å². The molecule has 0 radical (unpaired) electrons. The Kier molecular flexibility index (Phi) is 6.26. The molecule has 2 N–H and O–H groups in total. The summed E-state index contributed by atoms with van der Waals surface area (Å²) in [6.45, 7) is 3.61. The Balaban J connectivity index is 1.42. The number of nitrogens with zero attached hydrogens (tertiary/aromatic N) is 5. The number of ether oxygens (including phenoxy) is 1. The lowest BCUT2D eigenvalue weighted by atomic mass is 10.2. The largest absolute Gasteiger partial charge is 0.611 e. The van der Waals surface area contributed by atoms with E-state index in [2.05, 4.69) is 9.80 Å². The van der Waals surface area contributed by atoms with Crippen molar-refractivity contribution in [3.05, 3.63) is 35.0 Å². The van der Waals surface area contributed by atoms with Crippen LogP contribution in [0.4, 0.5) is 17.5 Å². The molecule has 5 rings (SSSR count). The number of anilines is 3. The molecule has 0 aliphatic carbocycles. The second-order valence-electron chi connectivity index (χ2n) is 8.56. The topological polar surface area (TPSA) is 111 Å². The Morgan fingerprint density at radius 2 is 1.88 bits per heavy atom. The molecule has 2 fully saturated rings. The van der Waals surface area contributed by atoms with Gasteiger partial charge in [-0.15, -0.1) is 0 Å². The number of esters is 1. The van der Waals surface area contributed by atoms with E-state index in [1.165, 1.54) is 7.11 Å². The van der Waals surface area contributed by atoms with Crippen LogP contribution in [0.25, 0.3) is 0 Å². The number of carbonyl (C=O) groups is 1. The van der Waals surface area contributed by atoms with Gasteiger partial charge in [0, 0.05) is 55.9 Å². The monoisotopic (exact) mass is 490 g/mol. The molecule has 0 amide bonds. The Bertz CT molecular complexity index is 1030. The lowest BCUT2D eigenvalue weighted by Gasteiger charge is -2.36. The van der Waals surface area contributed by atoms with Gasteiger partial charge in [0.2, 0.25) is 10.8 Å². The summed E-state index contributed by atoms with van der Waals surface area (Å²) in [6, 6.07) is 7.15. The van der Waals surface area contributed by atoms with Crippen molar-refractivity contribution in [1.82, 2.24) is 9.97 Å². The SMILES string of the molecule is COC(=O)[C@@H]1C[C@@H](N)CN1c1nc(N2CCN(c3ccc(Cl)cc3)CC2)nc2c1[S+]([O-])CC2. The number of halogens is 1. The Labute approximate surface area is 201 Å². The summed E-state index contributed by atoms with van der Waals surface area (Å²) in [7, 11) is 1.37. The highest BCUT2D eigenvalue weighted by Gasteiger charge is 2.43. The predicted octanol–water partition coefficient (Wildman–Crippen LogP) is 1.20. The second kappa shape index (κ2) is 9.17. The minimum Gasteiger partial charge on any atom is -0.611 e. The number of aryl methyl sites for hydroxylation is 1. The van der Waals surface area contributed by atoms with Gasteiger partial charge in [0.25, 0.3) is 0 Å². The third kappa shape index (κ3) is 4.32. The van der Waals surface area contributed by atoms with Crippen LogP contribution in [0.3, 0.4) is 0 Å². The number of benzene rings is 1. The summed E-state index contributed by atoms with van der Waals surface area (Å²) in [5.41, 5.74) is 8.13. The third-order valence-electron chi connectivity index (χ3n) is 6.49. The quantitative estimate of drug-likeness (QED) is 0.499. The van der Waals surface area contributed by atoms with Crippen LogP contribution in [0, 0.1) is 0 Å². The first-order chi connectivity index (χ1) is 15.9. The lowest BCUT2D eigenvalue weighted by molar-refractivity contribution is -0.142. The van der Waals surface area contributed by atoms with Crippen LogP contribution < -0.4 is 20.4 Å². The molecule has 9 nitrogen and oxygen atoms in total. The van der Waals surface area contributed by atoms with E-state index in [0.717, 1.165) is 42.6 Å². The average Bonchev–Trinajstić information content (AvgIpc) is 3.41. The normalized spacial score (nSPS) is 24.8. The minimum atomic E-state index is -1.19. The van der Waals surface area contributed by atoms with Crippen LogP contribution in [0.5, 0.6) is 0 Å². The molecule has 176 valence electrons. The number of hydrogen-bond acceptors (Lipinski definition) is 9. The van der Waals surface area contributed by atoms with Crippen molar-refractivity contribution in [3.8, 4) is 0 Å². The van der Waals surface area contributed by atoms with Gasteiger partial charge in [-0.3, -0.25) is 0 Å². The van der Waals surface area contributed by atoms with Crippen molar-refractivity contribution >= 4 is 46.2 Å².